The Balaban J connectivity index is 1.81. The van der Waals surface area contributed by atoms with Gasteiger partial charge in [-0.15, -0.1) is 0 Å². The van der Waals surface area contributed by atoms with Crippen molar-refractivity contribution in [2.75, 3.05) is 11.9 Å². The van der Waals surface area contributed by atoms with Crippen LogP contribution in [0.4, 0.5) is 10.5 Å². The number of hydrogen-bond donors (Lipinski definition) is 2. The summed E-state index contributed by atoms with van der Waals surface area (Å²) in [6, 6.07) is 6.84. The zero-order chi connectivity index (χ0) is 20.2. The van der Waals surface area contributed by atoms with E-state index in [0.717, 1.165) is 16.9 Å². The summed E-state index contributed by atoms with van der Waals surface area (Å²) in [5.41, 5.74) is 0.777. The molecule has 2 rings (SSSR count). The lowest BCUT2D eigenvalue weighted by atomic mass is 10.1. The van der Waals surface area contributed by atoms with Gasteiger partial charge in [-0.2, -0.15) is 0 Å². The number of esters is 1. The highest BCUT2D eigenvalue weighted by atomic mass is 16.5. The molecule has 1 saturated heterocycles. The van der Waals surface area contributed by atoms with Gasteiger partial charge in [0.25, 0.3) is 11.8 Å². The molecule has 27 heavy (non-hydrogen) atoms. The first-order chi connectivity index (χ1) is 12.6. The highest BCUT2D eigenvalue weighted by Gasteiger charge is 2.44. The minimum absolute atomic E-state index is 0.0975. The number of nitrogens with zero attached hydrogens (tertiary/aromatic N) is 1. The Labute approximate surface area is 158 Å². The molecule has 146 valence electrons. The van der Waals surface area contributed by atoms with Crippen LogP contribution in [0, 0.1) is 0 Å². The highest BCUT2D eigenvalue weighted by molar-refractivity contribution is 6.06. The third-order valence-corrected chi connectivity index (χ3v) is 4.29. The van der Waals surface area contributed by atoms with Crippen molar-refractivity contribution >= 4 is 29.5 Å². The topological polar surface area (TPSA) is 105 Å². The monoisotopic (exact) mass is 375 g/mol. The van der Waals surface area contributed by atoms with Crippen LogP contribution in [0.3, 0.4) is 0 Å². The van der Waals surface area contributed by atoms with Gasteiger partial charge in [-0.25, -0.2) is 4.79 Å². The SMILES string of the molecule is CCc1ccc(NC(=O)[C@@H](C)OC(=O)CCN2C(=O)NC(C)(C)C2=O)cc1. The molecule has 8 heteroatoms. The molecule has 0 aliphatic carbocycles. The number of rotatable bonds is 7. The predicted molar refractivity (Wildman–Crippen MR) is 98.9 cm³/mol. The summed E-state index contributed by atoms with van der Waals surface area (Å²) in [7, 11) is 0. The van der Waals surface area contributed by atoms with E-state index >= 15 is 0 Å². The van der Waals surface area contributed by atoms with Crippen LogP contribution >= 0.6 is 0 Å². The van der Waals surface area contributed by atoms with E-state index in [9.17, 15) is 19.2 Å². The molecule has 0 saturated carbocycles. The van der Waals surface area contributed by atoms with Crippen LogP contribution in [0.25, 0.3) is 0 Å². The molecule has 1 aliphatic rings. The third-order valence-electron chi connectivity index (χ3n) is 4.29. The Bertz CT molecular complexity index is 742. The van der Waals surface area contributed by atoms with Crippen molar-refractivity contribution in [3.8, 4) is 0 Å². The zero-order valence-corrected chi connectivity index (χ0v) is 16.0. The summed E-state index contributed by atoms with van der Waals surface area (Å²) in [5, 5.41) is 5.21. The van der Waals surface area contributed by atoms with Crippen molar-refractivity contribution < 1.29 is 23.9 Å². The van der Waals surface area contributed by atoms with E-state index in [0.29, 0.717) is 5.69 Å². The molecular formula is C19H25N3O5. The van der Waals surface area contributed by atoms with E-state index in [2.05, 4.69) is 10.6 Å². The standard InChI is InChI=1S/C19H25N3O5/c1-5-13-6-8-14(9-7-13)20-16(24)12(2)27-15(23)10-11-22-17(25)19(3,4)21-18(22)26/h6-9,12H,5,10-11H2,1-4H3,(H,20,24)(H,21,26)/t12-/m1/s1. The zero-order valence-electron chi connectivity index (χ0n) is 16.0. The van der Waals surface area contributed by atoms with Crippen molar-refractivity contribution in [1.82, 2.24) is 10.2 Å². The number of aryl methyl sites for hydroxylation is 1. The normalized spacial score (nSPS) is 16.7. The van der Waals surface area contributed by atoms with Crippen LogP contribution in [0.15, 0.2) is 24.3 Å². The van der Waals surface area contributed by atoms with Crippen LogP contribution < -0.4 is 10.6 Å². The first-order valence-corrected chi connectivity index (χ1v) is 8.87. The van der Waals surface area contributed by atoms with E-state index in [-0.39, 0.29) is 13.0 Å². The summed E-state index contributed by atoms with van der Waals surface area (Å²) < 4.78 is 5.09. The number of carbonyl (C=O) groups excluding carboxylic acids is 4. The number of benzene rings is 1. The highest BCUT2D eigenvalue weighted by Crippen LogP contribution is 2.17. The third kappa shape index (κ3) is 5.06. The van der Waals surface area contributed by atoms with Crippen molar-refractivity contribution in [2.24, 2.45) is 0 Å². The largest absolute Gasteiger partial charge is 0.452 e. The first kappa shape index (κ1) is 20.4. The molecule has 1 aromatic carbocycles. The maximum atomic E-state index is 12.1. The van der Waals surface area contributed by atoms with Crippen LogP contribution in [-0.4, -0.2) is 46.9 Å². The predicted octanol–water partition coefficient (Wildman–Crippen LogP) is 1.84. The molecule has 1 aliphatic heterocycles. The number of nitrogens with one attached hydrogen (secondary N) is 2. The molecule has 1 atom stereocenters. The van der Waals surface area contributed by atoms with Crippen molar-refractivity contribution in [3.63, 3.8) is 0 Å². The average Bonchev–Trinajstić information content (AvgIpc) is 2.81. The van der Waals surface area contributed by atoms with E-state index in [1.807, 2.05) is 19.1 Å². The maximum absolute atomic E-state index is 12.1. The number of hydrogen-bond acceptors (Lipinski definition) is 5. The first-order valence-electron chi connectivity index (χ1n) is 8.87. The molecule has 0 aromatic heterocycles. The second-order valence-electron chi connectivity index (χ2n) is 6.93. The fourth-order valence-electron chi connectivity index (χ4n) is 2.60. The van der Waals surface area contributed by atoms with Crippen LogP contribution in [0.5, 0.6) is 0 Å². The van der Waals surface area contributed by atoms with Crippen LogP contribution in [0.1, 0.15) is 39.7 Å². The van der Waals surface area contributed by atoms with Crippen LogP contribution in [0.2, 0.25) is 0 Å². The van der Waals surface area contributed by atoms with E-state index in [4.69, 9.17) is 4.74 Å². The Morgan fingerprint density at radius 3 is 2.37 bits per heavy atom. The molecular weight excluding hydrogens is 350 g/mol. The number of urea groups is 1. The number of carbonyl (C=O) groups is 4. The summed E-state index contributed by atoms with van der Waals surface area (Å²) >= 11 is 0. The lowest BCUT2D eigenvalue weighted by molar-refractivity contribution is -0.153. The van der Waals surface area contributed by atoms with Gasteiger partial charge >= 0.3 is 12.0 Å². The van der Waals surface area contributed by atoms with Crippen molar-refractivity contribution in [1.29, 1.82) is 0 Å². The van der Waals surface area contributed by atoms with Crippen LogP contribution in [-0.2, 0) is 25.5 Å². The van der Waals surface area contributed by atoms with Gasteiger partial charge in [0.15, 0.2) is 6.10 Å². The fourth-order valence-corrected chi connectivity index (χ4v) is 2.60. The lowest BCUT2D eigenvalue weighted by Crippen LogP contribution is -2.40. The Hall–Kier alpha value is -2.90. The molecule has 0 unspecified atom stereocenters. The number of anilines is 1. The minimum atomic E-state index is -0.997. The lowest BCUT2D eigenvalue weighted by Gasteiger charge is -2.17. The van der Waals surface area contributed by atoms with Gasteiger partial charge in [0, 0.05) is 12.2 Å². The van der Waals surface area contributed by atoms with E-state index in [1.165, 1.54) is 6.92 Å². The number of ether oxygens (including phenoxy) is 1. The van der Waals surface area contributed by atoms with E-state index in [1.54, 1.807) is 26.0 Å². The van der Waals surface area contributed by atoms with Crippen molar-refractivity contribution in [2.45, 2.75) is 52.2 Å². The second-order valence-corrected chi connectivity index (χ2v) is 6.93. The number of imide groups is 1. The van der Waals surface area contributed by atoms with Gasteiger partial charge in [0.1, 0.15) is 5.54 Å². The van der Waals surface area contributed by atoms with Crippen molar-refractivity contribution in [3.05, 3.63) is 29.8 Å². The molecule has 0 spiro atoms. The molecule has 8 nitrogen and oxygen atoms in total. The Morgan fingerprint density at radius 2 is 1.85 bits per heavy atom. The minimum Gasteiger partial charge on any atom is -0.452 e. The summed E-state index contributed by atoms with van der Waals surface area (Å²) in [5.74, 6) is -1.52. The summed E-state index contributed by atoms with van der Waals surface area (Å²) in [4.78, 5) is 48.9. The van der Waals surface area contributed by atoms with Gasteiger partial charge in [0.2, 0.25) is 0 Å². The Kier molecular flexibility index (Phi) is 6.20. The number of amides is 4. The van der Waals surface area contributed by atoms with Gasteiger partial charge in [-0.05, 0) is 44.9 Å². The summed E-state index contributed by atoms with van der Waals surface area (Å²) in [6.07, 6.45) is -0.280. The molecule has 0 radical (unpaired) electrons. The molecule has 4 amide bonds. The molecule has 1 fully saturated rings. The molecule has 1 heterocycles. The Morgan fingerprint density at radius 1 is 1.22 bits per heavy atom. The average molecular weight is 375 g/mol. The quantitative estimate of drug-likeness (QED) is 0.559. The van der Waals surface area contributed by atoms with Gasteiger partial charge in [0.05, 0.1) is 6.42 Å². The summed E-state index contributed by atoms with van der Waals surface area (Å²) in [6.45, 7) is 6.58. The van der Waals surface area contributed by atoms with Gasteiger partial charge in [-0.1, -0.05) is 19.1 Å². The molecule has 1 aromatic rings. The van der Waals surface area contributed by atoms with Gasteiger partial charge in [-0.3, -0.25) is 19.3 Å². The second kappa shape index (κ2) is 8.20. The van der Waals surface area contributed by atoms with E-state index < -0.39 is 35.5 Å². The smallest absolute Gasteiger partial charge is 0.325 e. The van der Waals surface area contributed by atoms with Gasteiger partial charge < -0.3 is 15.4 Å². The maximum Gasteiger partial charge on any atom is 0.325 e. The molecule has 2 N–H and O–H groups in total. The fraction of sp³-hybridized carbons (Fsp3) is 0.474. The molecule has 0 bridgehead atoms.